The molecule has 0 unspecified atom stereocenters. The molecule has 1 nitrogen and oxygen atoms in total. The molecule has 0 bridgehead atoms. The van der Waals surface area contributed by atoms with Gasteiger partial charge in [-0.1, -0.05) is 25.3 Å². The van der Waals surface area contributed by atoms with E-state index in [1.165, 1.54) is 32.1 Å². The molecule has 1 aliphatic carbocycles. The molecule has 0 saturated heterocycles. The highest BCUT2D eigenvalue weighted by atomic mass is 32.2. The molecular formula is C11H18OS. The Hall–Kier alpha value is -0.240. The highest BCUT2D eigenvalue weighted by Crippen LogP contribution is 2.28. The van der Waals surface area contributed by atoms with Gasteiger partial charge in [-0.2, -0.15) is 11.8 Å². The Morgan fingerprint density at radius 2 is 2.08 bits per heavy atom. The minimum atomic E-state index is 0.325. The summed E-state index contributed by atoms with van der Waals surface area (Å²) < 4.78 is 0. The molecule has 0 aliphatic heterocycles. The van der Waals surface area contributed by atoms with Crippen molar-refractivity contribution in [2.45, 2.75) is 43.8 Å². The molecule has 74 valence electrons. The first-order valence-electron chi connectivity index (χ1n) is 5.07. The number of allylic oxidation sites excluding steroid dienone is 1. The van der Waals surface area contributed by atoms with Crippen LogP contribution in [0, 0.1) is 0 Å². The van der Waals surface area contributed by atoms with Gasteiger partial charge < -0.3 is 0 Å². The van der Waals surface area contributed by atoms with Crippen molar-refractivity contribution < 1.29 is 4.79 Å². The number of hydrogen-bond acceptors (Lipinski definition) is 2. The van der Waals surface area contributed by atoms with Gasteiger partial charge in [-0.15, -0.1) is 6.58 Å². The normalized spacial score (nSPS) is 18.5. The summed E-state index contributed by atoms with van der Waals surface area (Å²) in [6.45, 7) is 3.57. The zero-order valence-corrected chi connectivity index (χ0v) is 8.94. The standard InChI is InChI=1S/C11H18OS/c1-2-6-10(12)9-13-11-7-4-3-5-8-11/h2,11H,1,3-9H2. The van der Waals surface area contributed by atoms with Gasteiger partial charge in [0.1, 0.15) is 5.78 Å². The molecule has 0 radical (unpaired) electrons. The van der Waals surface area contributed by atoms with Crippen molar-refractivity contribution in [2.24, 2.45) is 0 Å². The maximum atomic E-state index is 11.2. The fraction of sp³-hybridized carbons (Fsp3) is 0.727. The molecular weight excluding hydrogens is 180 g/mol. The van der Waals surface area contributed by atoms with Gasteiger partial charge in [0.2, 0.25) is 0 Å². The van der Waals surface area contributed by atoms with Gasteiger partial charge in [0.15, 0.2) is 0 Å². The molecule has 2 heteroatoms. The second-order valence-corrected chi connectivity index (χ2v) is 4.89. The number of carbonyl (C=O) groups excluding carboxylic acids is 1. The molecule has 0 aromatic carbocycles. The smallest absolute Gasteiger partial charge is 0.146 e. The summed E-state index contributed by atoms with van der Waals surface area (Å²) >= 11 is 1.85. The average Bonchev–Trinajstić information content (AvgIpc) is 2.17. The minimum absolute atomic E-state index is 0.325. The largest absolute Gasteiger partial charge is 0.298 e. The SMILES string of the molecule is C=CCC(=O)CSC1CCCCC1. The van der Waals surface area contributed by atoms with Crippen LogP contribution in [-0.2, 0) is 4.79 Å². The number of ketones is 1. The van der Waals surface area contributed by atoms with E-state index in [1.807, 2.05) is 11.8 Å². The van der Waals surface area contributed by atoms with Crippen LogP contribution in [0.4, 0.5) is 0 Å². The van der Waals surface area contributed by atoms with Gasteiger partial charge >= 0.3 is 0 Å². The van der Waals surface area contributed by atoms with E-state index < -0.39 is 0 Å². The van der Waals surface area contributed by atoms with Gasteiger partial charge in [0.05, 0.1) is 5.75 Å². The average molecular weight is 198 g/mol. The van der Waals surface area contributed by atoms with Crippen molar-refractivity contribution in [3.63, 3.8) is 0 Å². The highest BCUT2D eigenvalue weighted by Gasteiger charge is 2.14. The topological polar surface area (TPSA) is 17.1 Å². The maximum Gasteiger partial charge on any atom is 0.146 e. The Morgan fingerprint density at radius 1 is 1.38 bits per heavy atom. The molecule has 0 aromatic rings. The minimum Gasteiger partial charge on any atom is -0.298 e. The van der Waals surface area contributed by atoms with E-state index in [1.54, 1.807) is 6.08 Å². The Morgan fingerprint density at radius 3 is 2.69 bits per heavy atom. The van der Waals surface area contributed by atoms with Crippen LogP contribution in [0.15, 0.2) is 12.7 Å². The Balaban J connectivity index is 2.09. The summed E-state index contributed by atoms with van der Waals surface area (Å²) in [5.41, 5.74) is 0. The predicted octanol–water partition coefficient (Wildman–Crippen LogP) is 3.20. The zero-order valence-electron chi connectivity index (χ0n) is 8.13. The molecule has 0 atom stereocenters. The first-order valence-corrected chi connectivity index (χ1v) is 6.12. The lowest BCUT2D eigenvalue weighted by molar-refractivity contribution is -0.115. The predicted molar refractivity (Wildman–Crippen MR) is 59.2 cm³/mol. The number of Topliss-reactive ketones (excluding diaryl/α,β-unsaturated/α-hetero) is 1. The van der Waals surface area contributed by atoms with E-state index in [0.717, 1.165) is 5.25 Å². The van der Waals surface area contributed by atoms with Crippen LogP contribution >= 0.6 is 11.8 Å². The first kappa shape index (κ1) is 10.8. The molecule has 0 spiro atoms. The molecule has 1 fully saturated rings. The third-order valence-electron chi connectivity index (χ3n) is 2.40. The Bertz CT molecular complexity index is 171. The van der Waals surface area contributed by atoms with Gasteiger partial charge in [-0.25, -0.2) is 0 Å². The lowest BCUT2D eigenvalue weighted by Gasteiger charge is -2.20. The van der Waals surface area contributed by atoms with Crippen LogP contribution in [0.1, 0.15) is 38.5 Å². The molecule has 0 heterocycles. The lowest BCUT2D eigenvalue weighted by atomic mass is 10.0. The molecule has 0 N–H and O–H groups in total. The van der Waals surface area contributed by atoms with E-state index in [-0.39, 0.29) is 0 Å². The van der Waals surface area contributed by atoms with Gasteiger partial charge in [-0.3, -0.25) is 4.79 Å². The second kappa shape index (κ2) is 6.25. The van der Waals surface area contributed by atoms with Crippen LogP contribution < -0.4 is 0 Å². The van der Waals surface area contributed by atoms with Crippen molar-refractivity contribution >= 4 is 17.5 Å². The highest BCUT2D eigenvalue weighted by molar-refractivity contribution is 8.00. The Labute approximate surface area is 85.0 Å². The Kier molecular flexibility index (Phi) is 5.21. The summed E-state index contributed by atoms with van der Waals surface area (Å²) in [7, 11) is 0. The molecule has 1 saturated carbocycles. The third-order valence-corrected chi connectivity index (χ3v) is 3.84. The monoisotopic (exact) mass is 198 g/mol. The molecule has 1 rings (SSSR count). The van der Waals surface area contributed by atoms with Crippen LogP contribution in [0.5, 0.6) is 0 Å². The number of rotatable bonds is 5. The zero-order chi connectivity index (χ0) is 9.52. The van der Waals surface area contributed by atoms with Crippen molar-refractivity contribution in [3.05, 3.63) is 12.7 Å². The van der Waals surface area contributed by atoms with E-state index in [9.17, 15) is 4.79 Å². The molecule has 0 aromatic heterocycles. The number of thioether (sulfide) groups is 1. The fourth-order valence-corrected chi connectivity index (χ4v) is 2.87. The second-order valence-electron chi connectivity index (χ2n) is 3.60. The van der Waals surface area contributed by atoms with Gasteiger partial charge in [0, 0.05) is 11.7 Å². The van der Waals surface area contributed by atoms with Crippen LogP contribution in [0.3, 0.4) is 0 Å². The summed E-state index contributed by atoms with van der Waals surface area (Å²) in [5.74, 6) is 1.02. The quantitative estimate of drug-likeness (QED) is 0.631. The summed E-state index contributed by atoms with van der Waals surface area (Å²) in [6, 6.07) is 0. The van der Waals surface area contributed by atoms with E-state index >= 15 is 0 Å². The van der Waals surface area contributed by atoms with Crippen molar-refractivity contribution in [3.8, 4) is 0 Å². The van der Waals surface area contributed by atoms with Crippen molar-refractivity contribution in [1.82, 2.24) is 0 Å². The third kappa shape index (κ3) is 4.51. The lowest BCUT2D eigenvalue weighted by Crippen LogP contribution is -2.11. The molecule has 1 aliphatic rings. The number of hydrogen-bond donors (Lipinski definition) is 0. The van der Waals surface area contributed by atoms with Gasteiger partial charge in [0.25, 0.3) is 0 Å². The first-order chi connectivity index (χ1) is 6.33. The van der Waals surface area contributed by atoms with E-state index in [4.69, 9.17) is 0 Å². The van der Waals surface area contributed by atoms with Crippen molar-refractivity contribution in [1.29, 1.82) is 0 Å². The van der Waals surface area contributed by atoms with Crippen LogP contribution in [-0.4, -0.2) is 16.8 Å². The molecule has 0 amide bonds. The molecule has 13 heavy (non-hydrogen) atoms. The summed E-state index contributed by atoms with van der Waals surface area (Å²) in [4.78, 5) is 11.2. The summed E-state index contributed by atoms with van der Waals surface area (Å²) in [5, 5.41) is 0.752. The van der Waals surface area contributed by atoms with E-state index in [0.29, 0.717) is 18.0 Å². The maximum absolute atomic E-state index is 11.2. The van der Waals surface area contributed by atoms with Gasteiger partial charge in [-0.05, 0) is 12.8 Å². The van der Waals surface area contributed by atoms with Crippen LogP contribution in [0.25, 0.3) is 0 Å². The summed E-state index contributed by atoms with van der Waals surface area (Å²) in [6.07, 6.45) is 8.96. The van der Waals surface area contributed by atoms with Crippen molar-refractivity contribution in [2.75, 3.05) is 5.75 Å². The van der Waals surface area contributed by atoms with Crippen LogP contribution in [0.2, 0.25) is 0 Å². The number of carbonyl (C=O) groups is 1. The van der Waals surface area contributed by atoms with E-state index in [2.05, 4.69) is 6.58 Å². The fourth-order valence-electron chi connectivity index (χ4n) is 1.66.